The highest BCUT2D eigenvalue weighted by atomic mass is 19.1. The average Bonchev–Trinajstić information content (AvgIpc) is 3.35. The van der Waals surface area contributed by atoms with Crippen LogP contribution in [0.15, 0.2) is 48.8 Å². The molecular weight excluding hydrogens is 393 g/mol. The monoisotopic (exact) mass is 419 g/mol. The zero-order valence-electron chi connectivity index (χ0n) is 18.2. The van der Waals surface area contributed by atoms with Gasteiger partial charge in [-0.3, -0.25) is 9.59 Å². The first-order valence-electron chi connectivity index (χ1n) is 10.4. The molecule has 0 aliphatic heterocycles. The number of benzene rings is 2. The molecule has 0 atom stereocenters. The summed E-state index contributed by atoms with van der Waals surface area (Å²) in [4.78, 5) is 24.8. The summed E-state index contributed by atoms with van der Waals surface area (Å²) >= 11 is 0. The molecule has 0 radical (unpaired) electrons. The number of carbonyl (C=O) groups is 2. The molecule has 0 saturated heterocycles. The number of amides is 1. The molecular formula is C25H26FN3O2. The molecule has 31 heavy (non-hydrogen) atoms. The fraction of sp³-hybridized carbons (Fsp3) is 0.320. The zero-order valence-corrected chi connectivity index (χ0v) is 18.2. The van der Waals surface area contributed by atoms with Crippen LogP contribution in [0.3, 0.4) is 0 Å². The minimum Gasteiger partial charge on any atom is -0.325 e. The van der Waals surface area contributed by atoms with Crippen LogP contribution < -0.4 is 5.32 Å². The number of anilines is 1. The minimum absolute atomic E-state index is 0.0582. The Kier molecular flexibility index (Phi) is 5.04. The highest BCUT2D eigenvalue weighted by Crippen LogP contribution is 2.50. The molecule has 160 valence electrons. The quantitative estimate of drug-likeness (QED) is 0.585. The number of halogens is 1. The molecule has 1 aromatic heterocycles. The highest BCUT2D eigenvalue weighted by Gasteiger charge is 2.52. The summed E-state index contributed by atoms with van der Waals surface area (Å²) in [6, 6.07) is 10.1. The van der Waals surface area contributed by atoms with Gasteiger partial charge in [0, 0.05) is 23.0 Å². The van der Waals surface area contributed by atoms with Gasteiger partial charge in [-0.2, -0.15) is 5.10 Å². The maximum absolute atomic E-state index is 14.5. The second kappa shape index (κ2) is 7.45. The standard InChI is InChI=1S/C25H26FN3O2/c1-16-5-7-20(21(26)11-16)25(9-10-25)23(31)28-19-6-8-22(17(12-19)15-30)29-14-18(13-27-29)24(2,3)4/h5-8,11-15H,9-10H2,1-4H3,(H,28,31). The largest absolute Gasteiger partial charge is 0.325 e. The fourth-order valence-corrected chi connectivity index (χ4v) is 3.78. The number of hydrogen-bond donors (Lipinski definition) is 1. The van der Waals surface area contributed by atoms with Crippen molar-refractivity contribution in [3.63, 3.8) is 0 Å². The van der Waals surface area contributed by atoms with Crippen molar-refractivity contribution in [2.75, 3.05) is 5.32 Å². The molecule has 5 nitrogen and oxygen atoms in total. The molecule has 0 bridgehead atoms. The normalized spacial score (nSPS) is 14.9. The van der Waals surface area contributed by atoms with Gasteiger partial charge in [0.2, 0.25) is 5.91 Å². The van der Waals surface area contributed by atoms with Crippen LogP contribution in [0, 0.1) is 12.7 Å². The van der Waals surface area contributed by atoms with Gasteiger partial charge >= 0.3 is 0 Å². The smallest absolute Gasteiger partial charge is 0.235 e. The Morgan fingerprint density at radius 1 is 1.19 bits per heavy atom. The molecule has 0 unspecified atom stereocenters. The lowest BCUT2D eigenvalue weighted by atomic mass is 9.90. The van der Waals surface area contributed by atoms with Gasteiger partial charge in [-0.25, -0.2) is 9.07 Å². The first kappa shape index (κ1) is 21.0. The third kappa shape index (κ3) is 3.90. The number of nitrogens with one attached hydrogen (secondary N) is 1. The molecule has 4 rings (SSSR count). The highest BCUT2D eigenvalue weighted by molar-refractivity contribution is 6.02. The topological polar surface area (TPSA) is 64.0 Å². The van der Waals surface area contributed by atoms with Crippen molar-refractivity contribution < 1.29 is 14.0 Å². The van der Waals surface area contributed by atoms with Gasteiger partial charge in [0.1, 0.15) is 5.82 Å². The predicted octanol–water partition coefficient (Wildman–Crippen LogP) is 5.10. The van der Waals surface area contributed by atoms with Crippen molar-refractivity contribution in [1.29, 1.82) is 0 Å². The second-order valence-corrected chi connectivity index (χ2v) is 9.33. The fourth-order valence-electron chi connectivity index (χ4n) is 3.78. The van der Waals surface area contributed by atoms with Gasteiger partial charge < -0.3 is 5.32 Å². The summed E-state index contributed by atoms with van der Waals surface area (Å²) < 4.78 is 16.2. The number of aldehydes is 1. The van der Waals surface area contributed by atoms with Crippen LogP contribution >= 0.6 is 0 Å². The first-order valence-corrected chi connectivity index (χ1v) is 10.4. The molecule has 1 aliphatic carbocycles. The van der Waals surface area contributed by atoms with E-state index in [0.29, 0.717) is 35.3 Å². The van der Waals surface area contributed by atoms with Crippen LogP contribution in [0.5, 0.6) is 0 Å². The van der Waals surface area contributed by atoms with E-state index in [0.717, 1.165) is 17.4 Å². The van der Waals surface area contributed by atoms with E-state index in [1.165, 1.54) is 6.07 Å². The maximum atomic E-state index is 14.5. The first-order chi connectivity index (χ1) is 14.6. The number of aryl methyl sites for hydroxylation is 1. The number of hydrogen-bond acceptors (Lipinski definition) is 3. The molecule has 1 saturated carbocycles. The summed E-state index contributed by atoms with van der Waals surface area (Å²) in [6.07, 6.45) is 5.63. The molecule has 1 amide bonds. The lowest BCUT2D eigenvalue weighted by molar-refractivity contribution is -0.118. The summed E-state index contributed by atoms with van der Waals surface area (Å²) in [5.74, 6) is -0.612. The van der Waals surface area contributed by atoms with Crippen LogP contribution in [-0.4, -0.2) is 22.0 Å². The molecule has 3 aromatic rings. The van der Waals surface area contributed by atoms with Gasteiger partial charge in [-0.05, 0) is 60.6 Å². The van der Waals surface area contributed by atoms with Gasteiger partial charge in [-0.15, -0.1) is 0 Å². The van der Waals surface area contributed by atoms with Crippen LogP contribution in [0.25, 0.3) is 5.69 Å². The summed E-state index contributed by atoms with van der Waals surface area (Å²) in [6.45, 7) is 8.10. The van der Waals surface area contributed by atoms with Crippen LogP contribution in [0.4, 0.5) is 10.1 Å². The van der Waals surface area contributed by atoms with E-state index in [1.807, 2.05) is 19.2 Å². The Morgan fingerprint density at radius 3 is 2.52 bits per heavy atom. The Morgan fingerprint density at radius 2 is 1.94 bits per heavy atom. The Hall–Kier alpha value is -3.28. The van der Waals surface area contributed by atoms with E-state index >= 15 is 0 Å². The zero-order chi connectivity index (χ0) is 22.4. The lowest BCUT2D eigenvalue weighted by Crippen LogP contribution is -2.28. The van der Waals surface area contributed by atoms with Crippen molar-refractivity contribution in [1.82, 2.24) is 9.78 Å². The van der Waals surface area contributed by atoms with E-state index < -0.39 is 5.41 Å². The number of carbonyl (C=O) groups excluding carboxylic acids is 2. The molecule has 1 heterocycles. The van der Waals surface area contributed by atoms with Crippen LogP contribution in [0.1, 0.15) is 60.7 Å². The SMILES string of the molecule is Cc1ccc(C2(C(=O)Nc3ccc(-n4cc(C(C)(C)C)cn4)c(C=O)c3)CC2)c(F)c1. The molecule has 1 fully saturated rings. The number of aromatic nitrogens is 2. The van der Waals surface area contributed by atoms with E-state index in [-0.39, 0.29) is 17.1 Å². The van der Waals surface area contributed by atoms with Crippen molar-refractivity contribution in [2.24, 2.45) is 0 Å². The average molecular weight is 420 g/mol. The van der Waals surface area contributed by atoms with Crippen molar-refractivity contribution in [3.05, 3.63) is 76.9 Å². The summed E-state index contributed by atoms with van der Waals surface area (Å²) in [5, 5.41) is 7.26. The third-order valence-corrected chi connectivity index (χ3v) is 5.93. The third-order valence-electron chi connectivity index (χ3n) is 5.93. The van der Waals surface area contributed by atoms with Crippen LogP contribution in [0.2, 0.25) is 0 Å². The van der Waals surface area contributed by atoms with E-state index in [2.05, 4.69) is 31.2 Å². The van der Waals surface area contributed by atoms with Gasteiger partial charge in [-0.1, -0.05) is 32.9 Å². The lowest BCUT2D eigenvalue weighted by Gasteiger charge is -2.18. The molecule has 0 spiro atoms. The van der Waals surface area contributed by atoms with Gasteiger partial charge in [0.15, 0.2) is 6.29 Å². The number of nitrogens with zero attached hydrogens (tertiary/aromatic N) is 2. The Labute approximate surface area is 181 Å². The second-order valence-electron chi connectivity index (χ2n) is 9.33. The predicted molar refractivity (Wildman–Crippen MR) is 118 cm³/mol. The summed E-state index contributed by atoms with van der Waals surface area (Å²) in [5.41, 5.74) is 2.93. The van der Waals surface area contributed by atoms with E-state index in [4.69, 9.17) is 0 Å². The van der Waals surface area contributed by atoms with Gasteiger partial charge in [0.05, 0.1) is 17.3 Å². The maximum Gasteiger partial charge on any atom is 0.235 e. The summed E-state index contributed by atoms with van der Waals surface area (Å²) in [7, 11) is 0. The molecule has 2 aromatic carbocycles. The van der Waals surface area contributed by atoms with Crippen molar-refractivity contribution in [2.45, 2.75) is 51.4 Å². The molecule has 6 heteroatoms. The Balaban J connectivity index is 1.59. The van der Waals surface area contributed by atoms with Crippen LogP contribution in [-0.2, 0) is 15.6 Å². The van der Waals surface area contributed by atoms with Crippen molar-refractivity contribution >= 4 is 17.9 Å². The molecule has 1 aliphatic rings. The van der Waals surface area contributed by atoms with Crippen molar-refractivity contribution in [3.8, 4) is 5.69 Å². The minimum atomic E-state index is -0.846. The van der Waals surface area contributed by atoms with E-state index in [1.54, 1.807) is 35.1 Å². The van der Waals surface area contributed by atoms with Gasteiger partial charge in [0.25, 0.3) is 0 Å². The van der Waals surface area contributed by atoms with E-state index in [9.17, 15) is 14.0 Å². The number of rotatable bonds is 5. The Bertz CT molecular complexity index is 1170. The molecule has 1 N–H and O–H groups in total.